The molecule has 6 nitrogen and oxygen atoms in total. The molecule has 132 valence electrons. The van der Waals surface area contributed by atoms with Crippen molar-refractivity contribution in [3.8, 4) is 11.3 Å². The normalized spacial score (nSPS) is 11.8. The lowest BCUT2D eigenvalue weighted by Gasteiger charge is -2.13. The number of ether oxygens (including phenoxy) is 1. The van der Waals surface area contributed by atoms with E-state index in [1.807, 2.05) is 0 Å². The molecule has 0 saturated carbocycles. The minimum absolute atomic E-state index is 0.181. The van der Waals surface area contributed by atoms with E-state index in [1.54, 1.807) is 13.8 Å². The molecule has 0 spiro atoms. The Morgan fingerprint density at radius 3 is 2.48 bits per heavy atom. The first kappa shape index (κ1) is 18.9. The first-order valence-electron chi connectivity index (χ1n) is 7.54. The zero-order valence-corrected chi connectivity index (χ0v) is 14.8. The molecule has 0 radical (unpaired) electrons. The maximum Gasteiger partial charge on any atom is 0.342 e. The fraction of sp³-hybridized carbons (Fsp3) is 0.294. The van der Waals surface area contributed by atoms with E-state index in [2.05, 4.69) is 9.97 Å². The number of hydrogen-bond donors (Lipinski definition) is 1. The average molecular weight is 364 g/mol. The second kappa shape index (κ2) is 8.06. The highest BCUT2D eigenvalue weighted by atomic mass is 32.2. The molecule has 8 heteroatoms. The highest BCUT2D eigenvalue weighted by molar-refractivity contribution is 8.00. The lowest BCUT2D eigenvalue weighted by atomic mass is 10.0. The van der Waals surface area contributed by atoms with Crippen molar-refractivity contribution in [2.45, 2.75) is 31.2 Å². The van der Waals surface area contributed by atoms with Crippen LogP contribution in [0.1, 0.15) is 29.9 Å². The number of nitrogens with zero attached hydrogens (tertiary/aromatic N) is 2. The van der Waals surface area contributed by atoms with E-state index in [4.69, 9.17) is 9.84 Å². The smallest absolute Gasteiger partial charge is 0.342 e. The molecule has 2 rings (SSSR count). The first-order valence-corrected chi connectivity index (χ1v) is 8.42. The number of carbonyl (C=O) groups is 2. The van der Waals surface area contributed by atoms with Crippen LogP contribution in [0.3, 0.4) is 0 Å². The van der Waals surface area contributed by atoms with Crippen LogP contribution in [0.25, 0.3) is 11.3 Å². The maximum atomic E-state index is 13.2. The molecule has 0 saturated heterocycles. The second-order valence-corrected chi connectivity index (χ2v) is 6.45. The van der Waals surface area contributed by atoms with E-state index in [0.717, 1.165) is 11.8 Å². The van der Waals surface area contributed by atoms with Gasteiger partial charge >= 0.3 is 11.9 Å². The van der Waals surface area contributed by atoms with Crippen molar-refractivity contribution in [1.29, 1.82) is 0 Å². The summed E-state index contributed by atoms with van der Waals surface area (Å²) in [5.74, 6) is -1.99. The number of rotatable bonds is 6. The molecule has 1 heterocycles. The Hall–Kier alpha value is -2.48. The quantitative estimate of drug-likeness (QED) is 0.478. The fourth-order valence-electron chi connectivity index (χ4n) is 2.07. The highest BCUT2D eigenvalue weighted by Crippen LogP contribution is 2.29. The predicted octanol–water partition coefficient (Wildman–Crippen LogP) is 3.33. The minimum atomic E-state index is -0.996. The van der Waals surface area contributed by atoms with Crippen LogP contribution in [-0.2, 0) is 9.53 Å². The Balaban J connectivity index is 2.57. The molecule has 2 aromatic rings. The molecular formula is C17H17FN2O4S. The number of thioether (sulfide) groups is 1. The number of benzene rings is 1. The van der Waals surface area contributed by atoms with Gasteiger partial charge in [0.15, 0.2) is 5.16 Å². The van der Waals surface area contributed by atoms with Crippen molar-refractivity contribution in [2.75, 3.05) is 6.61 Å². The van der Waals surface area contributed by atoms with Crippen LogP contribution in [0, 0.1) is 12.7 Å². The van der Waals surface area contributed by atoms with Crippen LogP contribution >= 0.6 is 11.8 Å². The summed E-state index contributed by atoms with van der Waals surface area (Å²) >= 11 is 0.964. The van der Waals surface area contributed by atoms with E-state index in [-0.39, 0.29) is 23.0 Å². The SMILES string of the molecule is CCOC(=O)c1c(C)nc(SC(C)C(=O)O)nc1-c1ccc(F)cc1. The van der Waals surface area contributed by atoms with Crippen LogP contribution in [0.4, 0.5) is 4.39 Å². The van der Waals surface area contributed by atoms with Crippen LogP contribution in [0.15, 0.2) is 29.4 Å². The minimum Gasteiger partial charge on any atom is -0.480 e. The van der Waals surface area contributed by atoms with Gasteiger partial charge in [-0.3, -0.25) is 4.79 Å². The monoisotopic (exact) mass is 364 g/mol. The Morgan fingerprint density at radius 1 is 1.28 bits per heavy atom. The van der Waals surface area contributed by atoms with E-state index in [1.165, 1.54) is 31.2 Å². The van der Waals surface area contributed by atoms with Crippen LogP contribution < -0.4 is 0 Å². The zero-order valence-electron chi connectivity index (χ0n) is 13.9. The summed E-state index contributed by atoms with van der Waals surface area (Å²) in [7, 11) is 0. The number of carboxylic acid groups (broad SMARTS) is 1. The van der Waals surface area contributed by atoms with Gasteiger partial charge < -0.3 is 9.84 Å². The van der Waals surface area contributed by atoms with Crippen molar-refractivity contribution < 1.29 is 23.8 Å². The average Bonchev–Trinajstić information content (AvgIpc) is 2.55. The summed E-state index contributed by atoms with van der Waals surface area (Å²) in [6.45, 7) is 5.01. The van der Waals surface area contributed by atoms with Crippen molar-refractivity contribution in [2.24, 2.45) is 0 Å². The number of aliphatic carboxylic acids is 1. The molecule has 0 aliphatic heterocycles. The van der Waals surface area contributed by atoms with Crippen LogP contribution in [-0.4, -0.2) is 38.9 Å². The Morgan fingerprint density at radius 2 is 1.92 bits per heavy atom. The van der Waals surface area contributed by atoms with Gasteiger partial charge in [0, 0.05) is 5.56 Å². The lowest BCUT2D eigenvalue weighted by Crippen LogP contribution is -2.15. The molecule has 0 bridgehead atoms. The molecule has 25 heavy (non-hydrogen) atoms. The molecule has 1 aromatic carbocycles. The molecule has 1 atom stereocenters. The van der Waals surface area contributed by atoms with Crippen molar-refractivity contribution in [1.82, 2.24) is 9.97 Å². The molecule has 1 aromatic heterocycles. The largest absolute Gasteiger partial charge is 0.480 e. The lowest BCUT2D eigenvalue weighted by molar-refractivity contribution is -0.136. The number of esters is 1. The summed E-state index contributed by atoms with van der Waals surface area (Å²) in [4.78, 5) is 31.9. The van der Waals surface area contributed by atoms with Gasteiger partial charge in [-0.05, 0) is 45.0 Å². The summed E-state index contributed by atoms with van der Waals surface area (Å²) in [6.07, 6.45) is 0. The van der Waals surface area contributed by atoms with E-state index in [0.29, 0.717) is 11.3 Å². The molecule has 0 amide bonds. The Labute approximate surface area is 148 Å². The standard InChI is InChI=1S/C17H17FN2O4S/c1-4-24-16(23)13-9(2)19-17(25-10(3)15(21)22)20-14(13)11-5-7-12(18)8-6-11/h5-8,10H,4H2,1-3H3,(H,21,22). The van der Waals surface area contributed by atoms with Gasteiger partial charge in [0.2, 0.25) is 0 Å². The number of carboxylic acids is 1. The maximum absolute atomic E-state index is 13.2. The van der Waals surface area contributed by atoms with Gasteiger partial charge in [-0.1, -0.05) is 11.8 Å². The Kier molecular flexibility index (Phi) is 6.08. The number of hydrogen-bond acceptors (Lipinski definition) is 6. The van der Waals surface area contributed by atoms with Crippen molar-refractivity contribution in [3.05, 3.63) is 41.3 Å². The van der Waals surface area contributed by atoms with E-state index < -0.39 is 23.0 Å². The Bertz CT molecular complexity index is 796. The summed E-state index contributed by atoms with van der Waals surface area (Å²) < 4.78 is 18.3. The van der Waals surface area contributed by atoms with Crippen LogP contribution in [0.2, 0.25) is 0 Å². The zero-order chi connectivity index (χ0) is 18.6. The van der Waals surface area contributed by atoms with E-state index >= 15 is 0 Å². The van der Waals surface area contributed by atoms with Gasteiger partial charge in [0.1, 0.15) is 16.6 Å². The third kappa shape index (κ3) is 4.54. The molecule has 1 N–H and O–H groups in total. The number of halogens is 1. The number of aryl methyl sites for hydroxylation is 1. The fourth-order valence-corrected chi connectivity index (χ4v) is 2.82. The number of carbonyl (C=O) groups excluding carboxylic acids is 1. The van der Waals surface area contributed by atoms with Gasteiger partial charge in [0.05, 0.1) is 18.0 Å². The molecule has 1 unspecified atom stereocenters. The van der Waals surface area contributed by atoms with Gasteiger partial charge in [-0.25, -0.2) is 19.2 Å². The van der Waals surface area contributed by atoms with Crippen molar-refractivity contribution in [3.63, 3.8) is 0 Å². The molecule has 0 aliphatic rings. The summed E-state index contributed by atoms with van der Waals surface area (Å²) in [5, 5.41) is 8.52. The van der Waals surface area contributed by atoms with Gasteiger partial charge in [0.25, 0.3) is 0 Å². The van der Waals surface area contributed by atoms with Gasteiger partial charge in [-0.15, -0.1) is 0 Å². The van der Waals surface area contributed by atoms with Crippen molar-refractivity contribution >= 4 is 23.7 Å². The van der Waals surface area contributed by atoms with Gasteiger partial charge in [-0.2, -0.15) is 0 Å². The summed E-state index contributed by atoms with van der Waals surface area (Å²) in [6, 6.07) is 5.51. The number of aromatic nitrogens is 2. The van der Waals surface area contributed by atoms with E-state index in [9.17, 15) is 14.0 Å². The summed E-state index contributed by atoms with van der Waals surface area (Å²) in [5.41, 5.74) is 1.35. The van der Waals surface area contributed by atoms with Crippen LogP contribution in [0.5, 0.6) is 0 Å². The third-order valence-electron chi connectivity index (χ3n) is 3.30. The molecular weight excluding hydrogens is 347 g/mol. The topological polar surface area (TPSA) is 89.4 Å². The third-order valence-corrected chi connectivity index (χ3v) is 4.25. The second-order valence-electron chi connectivity index (χ2n) is 5.14. The molecule has 0 fully saturated rings. The highest BCUT2D eigenvalue weighted by Gasteiger charge is 2.23. The first-order chi connectivity index (χ1) is 11.8. The predicted molar refractivity (Wildman–Crippen MR) is 91.1 cm³/mol. The molecule has 0 aliphatic carbocycles.